The van der Waals surface area contributed by atoms with E-state index >= 15 is 0 Å². The van der Waals surface area contributed by atoms with E-state index in [1.54, 1.807) is 11.3 Å². The van der Waals surface area contributed by atoms with Gasteiger partial charge >= 0.3 is 0 Å². The number of benzene rings is 1. The fraction of sp³-hybridized carbons (Fsp3) is 0. The van der Waals surface area contributed by atoms with Crippen LogP contribution in [0.5, 0.6) is 0 Å². The fourth-order valence-corrected chi connectivity index (χ4v) is 2.27. The average Bonchev–Trinajstić information content (AvgIpc) is 2.81. The predicted molar refractivity (Wildman–Crippen MR) is 67.3 cm³/mol. The van der Waals surface area contributed by atoms with Crippen LogP contribution in [0.1, 0.15) is 0 Å². The van der Waals surface area contributed by atoms with E-state index in [-0.39, 0.29) is 0 Å². The molecule has 0 atom stereocenters. The Balaban J connectivity index is 2.36. The molecule has 3 aromatic rings. The molecule has 2 N–H and O–H groups in total. The largest absolute Gasteiger partial charge is 0.384 e. The third-order valence-corrected chi connectivity index (χ3v) is 3.04. The molecule has 16 heavy (non-hydrogen) atoms. The lowest BCUT2D eigenvalue weighted by Gasteiger charge is -2.03. The van der Waals surface area contributed by atoms with Crippen molar-refractivity contribution in [1.29, 1.82) is 0 Å². The average molecular weight is 227 g/mol. The van der Waals surface area contributed by atoms with E-state index in [4.69, 9.17) is 5.73 Å². The molecule has 3 rings (SSSR count). The number of rotatable bonds is 1. The van der Waals surface area contributed by atoms with Crippen LogP contribution in [-0.4, -0.2) is 9.97 Å². The van der Waals surface area contributed by atoms with Crippen molar-refractivity contribution in [2.24, 2.45) is 0 Å². The zero-order valence-electron chi connectivity index (χ0n) is 8.42. The van der Waals surface area contributed by atoms with Gasteiger partial charge < -0.3 is 5.73 Å². The first-order valence-electron chi connectivity index (χ1n) is 4.88. The van der Waals surface area contributed by atoms with Gasteiger partial charge in [0.05, 0.1) is 16.7 Å². The molecule has 0 amide bonds. The summed E-state index contributed by atoms with van der Waals surface area (Å²) in [6.07, 6.45) is 0. The van der Waals surface area contributed by atoms with E-state index in [1.165, 1.54) is 0 Å². The maximum Gasteiger partial charge on any atom is 0.124 e. The molecular weight excluding hydrogens is 218 g/mol. The second kappa shape index (κ2) is 3.57. The Labute approximate surface area is 96.6 Å². The zero-order valence-corrected chi connectivity index (χ0v) is 9.24. The van der Waals surface area contributed by atoms with Crippen LogP contribution < -0.4 is 5.73 Å². The number of hydrogen-bond acceptors (Lipinski definition) is 4. The second-order valence-corrected chi connectivity index (χ2v) is 4.21. The van der Waals surface area contributed by atoms with E-state index < -0.39 is 0 Å². The summed E-state index contributed by atoms with van der Waals surface area (Å²) in [5.74, 6) is 0.537. The van der Waals surface area contributed by atoms with Crippen molar-refractivity contribution in [2.75, 3.05) is 5.73 Å². The SMILES string of the molecule is Nc1ccc2cccc(-c3cscn3)c2n1. The van der Waals surface area contributed by atoms with Gasteiger partial charge in [-0.15, -0.1) is 11.3 Å². The van der Waals surface area contributed by atoms with E-state index in [2.05, 4.69) is 9.97 Å². The Morgan fingerprint density at radius 3 is 2.88 bits per heavy atom. The molecule has 0 unspecified atom stereocenters. The van der Waals surface area contributed by atoms with Crippen molar-refractivity contribution in [3.05, 3.63) is 41.2 Å². The predicted octanol–water partition coefficient (Wildman–Crippen LogP) is 2.94. The number of nitrogen functional groups attached to an aromatic ring is 1. The first-order chi connectivity index (χ1) is 7.84. The van der Waals surface area contributed by atoms with Crippen molar-refractivity contribution in [3.8, 4) is 11.3 Å². The van der Waals surface area contributed by atoms with Crippen LogP contribution in [-0.2, 0) is 0 Å². The molecule has 4 heteroatoms. The highest BCUT2D eigenvalue weighted by Gasteiger charge is 2.06. The van der Waals surface area contributed by atoms with Crippen LogP contribution in [0.3, 0.4) is 0 Å². The number of aromatic nitrogens is 2. The number of para-hydroxylation sites is 1. The Kier molecular flexibility index (Phi) is 2.08. The van der Waals surface area contributed by atoms with Gasteiger partial charge in [0.2, 0.25) is 0 Å². The molecule has 0 fully saturated rings. The Morgan fingerprint density at radius 2 is 2.06 bits per heavy atom. The van der Waals surface area contributed by atoms with Gasteiger partial charge in [-0.3, -0.25) is 0 Å². The Morgan fingerprint density at radius 1 is 1.12 bits per heavy atom. The van der Waals surface area contributed by atoms with Crippen LogP contribution in [0.4, 0.5) is 5.82 Å². The van der Waals surface area contributed by atoms with Gasteiger partial charge in [-0.05, 0) is 12.1 Å². The molecule has 78 valence electrons. The minimum absolute atomic E-state index is 0.537. The molecule has 0 spiro atoms. The molecular formula is C12H9N3S. The molecule has 2 heterocycles. The minimum atomic E-state index is 0.537. The van der Waals surface area contributed by atoms with Crippen LogP contribution in [0, 0.1) is 0 Å². The van der Waals surface area contributed by atoms with E-state index in [1.807, 2.05) is 41.2 Å². The lowest BCUT2D eigenvalue weighted by atomic mass is 10.1. The first-order valence-corrected chi connectivity index (χ1v) is 5.83. The number of fused-ring (bicyclic) bond motifs is 1. The highest BCUT2D eigenvalue weighted by molar-refractivity contribution is 7.07. The van der Waals surface area contributed by atoms with Crippen molar-refractivity contribution < 1.29 is 0 Å². The summed E-state index contributed by atoms with van der Waals surface area (Å²) in [7, 11) is 0. The maximum absolute atomic E-state index is 5.72. The smallest absolute Gasteiger partial charge is 0.124 e. The third-order valence-electron chi connectivity index (χ3n) is 2.45. The third kappa shape index (κ3) is 1.44. The number of anilines is 1. The van der Waals surface area contributed by atoms with Gasteiger partial charge in [0.25, 0.3) is 0 Å². The Bertz CT molecular complexity index is 632. The highest BCUT2D eigenvalue weighted by atomic mass is 32.1. The fourth-order valence-electron chi connectivity index (χ4n) is 1.71. The molecule has 0 saturated carbocycles. The van der Waals surface area contributed by atoms with Crippen molar-refractivity contribution >= 4 is 28.1 Å². The van der Waals surface area contributed by atoms with Crippen LogP contribution in [0.2, 0.25) is 0 Å². The van der Waals surface area contributed by atoms with Gasteiger partial charge in [0, 0.05) is 16.3 Å². The molecule has 0 aliphatic rings. The van der Waals surface area contributed by atoms with Crippen LogP contribution in [0.15, 0.2) is 41.2 Å². The standard InChI is InChI=1S/C12H9N3S/c13-11-5-4-8-2-1-3-9(12(8)15-11)10-6-16-7-14-10/h1-7H,(H2,13,15). The minimum Gasteiger partial charge on any atom is -0.384 e. The number of nitrogens with zero attached hydrogens (tertiary/aromatic N) is 2. The van der Waals surface area contributed by atoms with Crippen molar-refractivity contribution in [1.82, 2.24) is 9.97 Å². The second-order valence-electron chi connectivity index (χ2n) is 3.49. The van der Waals surface area contributed by atoms with Gasteiger partial charge in [-0.1, -0.05) is 18.2 Å². The summed E-state index contributed by atoms with van der Waals surface area (Å²) in [6.45, 7) is 0. The van der Waals surface area contributed by atoms with Crippen molar-refractivity contribution in [3.63, 3.8) is 0 Å². The molecule has 2 aromatic heterocycles. The molecule has 0 saturated heterocycles. The van der Waals surface area contributed by atoms with Gasteiger partial charge in [-0.2, -0.15) is 0 Å². The first kappa shape index (κ1) is 9.30. The number of pyridine rings is 1. The summed E-state index contributed by atoms with van der Waals surface area (Å²) >= 11 is 1.58. The monoisotopic (exact) mass is 227 g/mol. The van der Waals surface area contributed by atoms with Gasteiger partial charge in [0.1, 0.15) is 5.82 Å². The molecule has 0 aliphatic carbocycles. The van der Waals surface area contributed by atoms with E-state index in [9.17, 15) is 0 Å². The quantitative estimate of drug-likeness (QED) is 0.695. The summed E-state index contributed by atoms with van der Waals surface area (Å²) in [4.78, 5) is 8.68. The molecule has 3 nitrogen and oxygen atoms in total. The number of nitrogens with two attached hydrogens (primary N) is 1. The number of hydrogen-bond donors (Lipinski definition) is 1. The molecule has 1 aromatic carbocycles. The summed E-state index contributed by atoms with van der Waals surface area (Å²) in [6, 6.07) is 9.84. The molecule has 0 aliphatic heterocycles. The summed E-state index contributed by atoms with van der Waals surface area (Å²) < 4.78 is 0. The topological polar surface area (TPSA) is 51.8 Å². The summed E-state index contributed by atoms with van der Waals surface area (Å²) in [5, 5.41) is 3.10. The Hall–Kier alpha value is -1.94. The maximum atomic E-state index is 5.72. The van der Waals surface area contributed by atoms with Crippen molar-refractivity contribution in [2.45, 2.75) is 0 Å². The highest BCUT2D eigenvalue weighted by Crippen LogP contribution is 2.27. The lowest BCUT2D eigenvalue weighted by molar-refractivity contribution is 1.38. The van der Waals surface area contributed by atoms with Gasteiger partial charge in [-0.25, -0.2) is 9.97 Å². The molecule has 0 bridgehead atoms. The normalized spacial score (nSPS) is 10.8. The van der Waals surface area contributed by atoms with Crippen LogP contribution >= 0.6 is 11.3 Å². The lowest BCUT2D eigenvalue weighted by Crippen LogP contribution is -1.91. The van der Waals surface area contributed by atoms with E-state index in [0.29, 0.717) is 5.82 Å². The van der Waals surface area contributed by atoms with Gasteiger partial charge in [0.15, 0.2) is 0 Å². The van der Waals surface area contributed by atoms with Crippen LogP contribution in [0.25, 0.3) is 22.2 Å². The van der Waals surface area contributed by atoms with E-state index in [0.717, 1.165) is 22.2 Å². The summed E-state index contributed by atoms with van der Waals surface area (Å²) in [5.41, 5.74) is 10.4. The zero-order chi connectivity index (χ0) is 11.0. The molecule has 0 radical (unpaired) electrons. The number of thiazole rings is 1.